The second kappa shape index (κ2) is 6.02. The Balaban J connectivity index is 2.12. The lowest BCUT2D eigenvalue weighted by atomic mass is 10.2. The van der Waals surface area contributed by atoms with Crippen molar-refractivity contribution in [2.75, 3.05) is 7.11 Å². The average Bonchev–Trinajstić information content (AvgIpc) is 2.40. The van der Waals surface area contributed by atoms with Crippen molar-refractivity contribution in [1.82, 2.24) is 0 Å². The lowest BCUT2D eigenvalue weighted by Gasteiger charge is -2.08. The van der Waals surface area contributed by atoms with Crippen molar-refractivity contribution < 1.29 is 9.47 Å². The zero-order chi connectivity index (χ0) is 13.7. The third-order valence-electron chi connectivity index (χ3n) is 2.61. The summed E-state index contributed by atoms with van der Waals surface area (Å²) in [4.78, 5) is 0. The standard InChI is InChI=1S/C15H16N2O2/c1-18-10-11-3-2-4-14(9-11)19-13-7-5-12(6-8-13)15(16)17/h2-9H,10H2,1H3,(H3,16,17). The molecule has 0 bridgehead atoms. The number of hydrogen-bond donors (Lipinski definition) is 2. The minimum Gasteiger partial charge on any atom is -0.457 e. The Hall–Kier alpha value is -2.33. The molecule has 2 aromatic carbocycles. The Labute approximate surface area is 112 Å². The minimum atomic E-state index is 0.0497. The van der Waals surface area contributed by atoms with Crippen molar-refractivity contribution in [3.63, 3.8) is 0 Å². The number of benzene rings is 2. The van der Waals surface area contributed by atoms with Gasteiger partial charge in [-0.3, -0.25) is 5.41 Å². The van der Waals surface area contributed by atoms with Gasteiger partial charge in [-0.1, -0.05) is 12.1 Å². The summed E-state index contributed by atoms with van der Waals surface area (Å²) in [6.07, 6.45) is 0. The first kappa shape index (κ1) is 13.1. The maximum Gasteiger partial charge on any atom is 0.127 e. The summed E-state index contributed by atoms with van der Waals surface area (Å²) in [7, 11) is 1.66. The first-order valence-electron chi connectivity index (χ1n) is 5.89. The summed E-state index contributed by atoms with van der Waals surface area (Å²) in [5.41, 5.74) is 7.14. The van der Waals surface area contributed by atoms with Crippen molar-refractivity contribution in [3.05, 3.63) is 59.7 Å². The molecule has 4 nitrogen and oxygen atoms in total. The highest BCUT2D eigenvalue weighted by Gasteiger charge is 2.01. The molecule has 0 saturated carbocycles. The molecule has 0 aliphatic carbocycles. The van der Waals surface area contributed by atoms with Crippen LogP contribution in [0.4, 0.5) is 0 Å². The lowest BCUT2D eigenvalue weighted by molar-refractivity contribution is 0.184. The highest BCUT2D eigenvalue weighted by atomic mass is 16.5. The van der Waals surface area contributed by atoms with Crippen LogP contribution in [0.25, 0.3) is 0 Å². The molecule has 0 unspecified atom stereocenters. The second-order valence-electron chi connectivity index (χ2n) is 4.12. The third kappa shape index (κ3) is 3.56. The molecule has 0 aromatic heterocycles. The van der Waals surface area contributed by atoms with Gasteiger partial charge in [0, 0.05) is 12.7 Å². The van der Waals surface area contributed by atoms with E-state index in [9.17, 15) is 0 Å². The van der Waals surface area contributed by atoms with Crippen molar-refractivity contribution in [1.29, 1.82) is 5.41 Å². The molecule has 19 heavy (non-hydrogen) atoms. The molecular formula is C15H16N2O2. The second-order valence-corrected chi connectivity index (χ2v) is 4.12. The molecule has 0 aliphatic heterocycles. The molecule has 0 spiro atoms. The lowest BCUT2D eigenvalue weighted by Crippen LogP contribution is -2.10. The number of nitrogen functional groups attached to an aromatic ring is 1. The van der Waals surface area contributed by atoms with Crippen LogP contribution in [0.2, 0.25) is 0 Å². The van der Waals surface area contributed by atoms with E-state index in [0.29, 0.717) is 17.9 Å². The molecule has 0 radical (unpaired) electrons. The Morgan fingerprint density at radius 3 is 2.47 bits per heavy atom. The molecule has 3 N–H and O–H groups in total. The summed E-state index contributed by atoms with van der Waals surface area (Å²) in [5.74, 6) is 1.51. The monoisotopic (exact) mass is 256 g/mol. The summed E-state index contributed by atoms with van der Waals surface area (Å²) >= 11 is 0. The number of nitrogens with one attached hydrogen (secondary N) is 1. The number of amidine groups is 1. The van der Waals surface area contributed by atoms with E-state index >= 15 is 0 Å². The average molecular weight is 256 g/mol. The van der Waals surface area contributed by atoms with Crippen LogP contribution in [0.15, 0.2) is 48.5 Å². The number of nitrogens with two attached hydrogens (primary N) is 1. The molecular weight excluding hydrogens is 240 g/mol. The predicted molar refractivity (Wildman–Crippen MR) is 74.7 cm³/mol. The van der Waals surface area contributed by atoms with Gasteiger partial charge >= 0.3 is 0 Å². The van der Waals surface area contributed by atoms with E-state index in [4.69, 9.17) is 20.6 Å². The normalized spacial score (nSPS) is 10.2. The molecule has 0 atom stereocenters. The quantitative estimate of drug-likeness (QED) is 0.638. The summed E-state index contributed by atoms with van der Waals surface area (Å²) in [6, 6.07) is 14.8. The zero-order valence-electron chi connectivity index (χ0n) is 10.7. The molecule has 2 rings (SSSR count). The van der Waals surface area contributed by atoms with Gasteiger partial charge in [0.05, 0.1) is 6.61 Å². The molecule has 98 valence electrons. The van der Waals surface area contributed by atoms with Crippen LogP contribution in [0, 0.1) is 5.41 Å². The van der Waals surface area contributed by atoms with Crippen LogP contribution < -0.4 is 10.5 Å². The van der Waals surface area contributed by atoms with Crippen LogP contribution in [0.5, 0.6) is 11.5 Å². The highest BCUT2D eigenvalue weighted by Crippen LogP contribution is 2.22. The first-order chi connectivity index (χ1) is 9.19. The molecule has 0 heterocycles. The van der Waals surface area contributed by atoms with Crippen molar-refractivity contribution >= 4 is 5.84 Å². The third-order valence-corrected chi connectivity index (χ3v) is 2.61. The van der Waals surface area contributed by atoms with Crippen LogP contribution >= 0.6 is 0 Å². The predicted octanol–water partition coefficient (Wildman–Crippen LogP) is 2.91. The summed E-state index contributed by atoms with van der Waals surface area (Å²) in [6.45, 7) is 0.556. The first-order valence-corrected chi connectivity index (χ1v) is 5.89. The molecule has 4 heteroatoms. The van der Waals surface area contributed by atoms with E-state index in [1.54, 1.807) is 31.4 Å². The zero-order valence-corrected chi connectivity index (χ0v) is 10.7. The summed E-state index contributed by atoms with van der Waals surface area (Å²) in [5, 5.41) is 7.32. The fraction of sp³-hybridized carbons (Fsp3) is 0.133. The SMILES string of the molecule is COCc1cccc(Oc2ccc(C(=N)N)cc2)c1. The van der Waals surface area contributed by atoms with Crippen LogP contribution in [-0.4, -0.2) is 12.9 Å². The fourth-order valence-corrected chi connectivity index (χ4v) is 1.70. The summed E-state index contributed by atoms with van der Waals surface area (Å²) < 4.78 is 10.8. The molecule has 0 saturated heterocycles. The van der Waals surface area contributed by atoms with E-state index in [2.05, 4.69) is 0 Å². The van der Waals surface area contributed by atoms with Gasteiger partial charge in [0.15, 0.2) is 0 Å². The highest BCUT2D eigenvalue weighted by molar-refractivity contribution is 5.94. The van der Waals surface area contributed by atoms with Crippen molar-refractivity contribution in [3.8, 4) is 11.5 Å². The van der Waals surface area contributed by atoms with Gasteiger partial charge in [0.2, 0.25) is 0 Å². The van der Waals surface area contributed by atoms with Crippen molar-refractivity contribution in [2.24, 2.45) is 5.73 Å². The number of hydrogen-bond acceptors (Lipinski definition) is 3. The van der Waals surface area contributed by atoms with Gasteiger partial charge in [-0.05, 0) is 42.0 Å². The maximum absolute atomic E-state index is 7.32. The topological polar surface area (TPSA) is 68.3 Å². The number of methoxy groups -OCH3 is 1. The van der Waals surface area contributed by atoms with Gasteiger partial charge in [-0.2, -0.15) is 0 Å². The van der Waals surface area contributed by atoms with E-state index in [-0.39, 0.29) is 5.84 Å². The van der Waals surface area contributed by atoms with Gasteiger partial charge in [0.25, 0.3) is 0 Å². The Kier molecular flexibility index (Phi) is 4.15. The molecule has 0 fully saturated rings. The van der Waals surface area contributed by atoms with Crippen LogP contribution in [0.1, 0.15) is 11.1 Å². The van der Waals surface area contributed by atoms with E-state index in [1.165, 1.54) is 0 Å². The van der Waals surface area contributed by atoms with Gasteiger partial charge in [0.1, 0.15) is 17.3 Å². The Morgan fingerprint density at radius 1 is 1.11 bits per heavy atom. The molecule has 2 aromatic rings. The molecule has 0 amide bonds. The van der Waals surface area contributed by atoms with E-state index < -0.39 is 0 Å². The Morgan fingerprint density at radius 2 is 1.84 bits per heavy atom. The fourth-order valence-electron chi connectivity index (χ4n) is 1.70. The largest absolute Gasteiger partial charge is 0.457 e. The van der Waals surface area contributed by atoms with Gasteiger partial charge in [-0.15, -0.1) is 0 Å². The van der Waals surface area contributed by atoms with Gasteiger partial charge in [-0.25, -0.2) is 0 Å². The van der Waals surface area contributed by atoms with Crippen molar-refractivity contribution in [2.45, 2.75) is 6.61 Å². The Bertz CT molecular complexity index is 565. The smallest absolute Gasteiger partial charge is 0.127 e. The van der Waals surface area contributed by atoms with E-state index in [1.807, 2.05) is 24.3 Å². The molecule has 0 aliphatic rings. The number of ether oxygens (including phenoxy) is 2. The number of rotatable bonds is 5. The van der Waals surface area contributed by atoms with Crippen LogP contribution in [-0.2, 0) is 11.3 Å². The van der Waals surface area contributed by atoms with Crippen LogP contribution in [0.3, 0.4) is 0 Å². The van der Waals surface area contributed by atoms with E-state index in [0.717, 1.165) is 11.3 Å². The van der Waals surface area contributed by atoms with Gasteiger partial charge < -0.3 is 15.2 Å². The maximum atomic E-state index is 7.32. The minimum absolute atomic E-state index is 0.0497.